The third kappa shape index (κ3) is 3.97. The highest BCUT2D eigenvalue weighted by Crippen LogP contribution is 2.49. The van der Waals surface area contributed by atoms with Gasteiger partial charge in [-0.1, -0.05) is 129 Å². The molecule has 0 aromatic heterocycles. The molecule has 0 amide bonds. The maximum Gasteiger partial charge on any atom is 0.0260 e. The summed E-state index contributed by atoms with van der Waals surface area (Å²) in [6.45, 7) is 9.60. The summed E-state index contributed by atoms with van der Waals surface area (Å²) in [6, 6.07) is 32.5. The lowest BCUT2D eigenvalue weighted by Gasteiger charge is -2.42. The maximum absolute atomic E-state index is 3.81. The van der Waals surface area contributed by atoms with Crippen LogP contribution in [-0.4, -0.2) is 0 Å². The van der Waals surface area contributed by atoms with E-state index in [-0.39, 0.29) is 10.8 Å². The number of rotatable bonds is 0. The van der Waals surface area contributed by atoms with Gasteiger partial charge in [0, 0.05) is 4.47 Å². The molecular formula is C32H31Br. The van der Waals surface area contributed by atoms with Crippen LogP contribution in [0.1, 0.15) is 51.7 Å². The normalized spacial score (nSPS) is 16.3. The highest BCUT2D eigenvalue weighted by molar-refractivity contribution is 9.10. The molecule has 1 heteroatoms. The maximum atomic E-state index is 3.81. The topological polar surface area (TPSA) is 0 Å². The van der Waals surface area contributed by atoms with E-state index in [2.05, 4.69) is 135 Å². The molecular weight excluding hydrogens is 464 g/mol. The van der Waals surface area contributed by atoms with Crippen molar-refractivity contribution >= 4 is 48.2 Å². The van der Waals surface area contributed by atoms with Crippen LogP contribution in [0.25, 0.3) is 32.3 Å². The fourth-order valence-corrected chi connectivity index (χ4v) is 6.02. The Morgan fingerprint density at radius 2 is 1.03 bits per heavy atom. The summed E-state index contributed by atoms with van der Waals surface area (Å²) in [4.78, 5) is 0. The Hall–Kier alpha value is -2.64. The van der Waals surface area contributed by atoms with Crippen LogP contribution in [0.15, 0.2) is 95.5 Å². The molecule has 0 unspecified atom stereocenters. The van der Waals surface area contributed by atoms with Gasteiger partial charge in [-0.2, -0.15) is 0 Å². The molecule has 0 nitrogen and oxygen atoms in total. The van der Waals surface area contributed by atoms with Crippen LogP contribution in [0.2, 0.25) is 0 Å². The van der Waals surface area contributed by atoms with Gasteiger partial charge in [-0.05, 0) is 73.2 Å². The van der Waals surface area contributed by atoms with Gasteiger partial charge in [-0.15, -0.1) is 0 Å². The molecule has 0 atom stereocenters. The van der Waals surface area contributed by atoms with Crippen LogP contribution in [0, 0.1) is 0 Å². The van der Waals surface area contributed by atoms with Crippen LogP contribution in [0.4, 0.5) is 0 Å². The van der Waals surface area contributed by atoms with E-state index < -0.39 is 0 Å². The smallest absolute Gasteiger partial charge is 0.0260 e. The first-order chi connectivity index (χ1) is 15.8. The zero-order valence-electron chi connectivity index (χ0n) is 20.0. The third-order valence-electron chi connectivity index (χ3n) is 7.43. The van der Waals surface area contributed by atoms with Gasteiger partial charge in [0.15, 0.2) is 0 Å². The molecule has 0 bridgehead atoms. The summed E-state index contributed by atoms with van der Waals surface area (Å²) in [5.41, 5.74) is 3.57. The minimum Gasteiger partial charge on any atom is -0.0616 e. The molecule has 166 valence electrons. The monoisotopic (exact) mass is 494 g/mol. The number of hydrogen-bond donors (Lipinski definition) is 0. The van der Waals surface area contributed by atoms with Gasteiger partial charge in [-0.3, -0.25) is 0 Å². The molecule has 5 aromatic rings. The van der Waals surface area contributed by atoms with Crippen molar-refractivity contribution < 1.29 is 0 Å². The molecule has 1 aliphatic rings. The first kappa shape index (κ1) is 22.2. The number of halogens is 1. The van der Waals surface area contributed by atoms with Gasteiger partial charge >= 0.3 is 0 Å². The Balaban J connectivity index is 0.000000190. The lowest BCUT2D eigenvalue weighted by atomic mass is 9.62. The second-order valence-corrected chi connectivity index (χ2v) is 11.5. The second-order valence-electron chi connectivity index (χ2n) is 10.6. The predicted molar refractivity (Wildman–Crippen MR) is 148 cm³/mol. The van der Waals surface area contributed by atoms with Crippen molar-refractivity contribution in [3.63, 3.8) is 0 Å². The van der Waals surface area contributed by atoms with E-state index in [1.165, 1.54) is 55.2 Å². The Morgan fingerprint density at radius 1 is 0.545 bits per heavy atom. The average Bonchev–Trinajstić information content (AvgIpc) is 2.82. The molecule has 0 fully saturated rings. The molecule has 1 aliphatic carbocycles. The summed E-state index contributed by atoms with van der Waals surface area (Å²) in [6.07, 6.45) is 2.50. The molecule has 0 spiro atoms. The fraction of sp³-hybridized carbons (Fsp3) is 0.250. The Labute approximate surface area is 205 Å². The standard InChI is InChI=1S/C22H23Br.C10H8/c1-21(2)11-12-22(3,4)20-17-13-19(23)16-8-6-5-7-14(16)15(17)9-10-18(20)21;1-2-6-10-8-4-3-7-9(10)5-1/h5-10,13H,11-12H2,1-4H3;1-8H. The van der Waals surface area contributed by atoms with Gasteiger partial charge in [0.1, 0.15) is 0 Å². The largest absolute Gasteiger partial charge is 0.0616 e. The summed E-state index contributed by atoms with van der Waals surface area (Å²) in [7, 11) is 0. The third-order valence-corrected chi connectivity index (χ3v) is 8.09. The van der Waals surface area contributed by atoms with Crippen LogP contribution in [-0.2, 0) is 10.8 Å². The molecule has 0 N–H and O–H groups in total. The minimum atomic E-state index is 0.228. The van der Waals surface area contributed by atoms with E-state index in [0.717, 1.165) is 0 Å². The van der Waals surface area contributed by atoms with Gasteiger partial charge in [-0.25, -0.2) is 0 Å². The molecule has 0 radical (unpaired) electrons. The molecule has 6 rings (SSSR count). The molecule has 33 heavy (non-hydrogen) atoms. The zero-order chi connectivity index (χ0) is 23.2. The van der Waals surface area contributed by atoms with E-state index >= 15 is 0 Å². The van der Waals surface area contributed by atoms with E-state index in [1.807, 2.05) is 0 Å². The fourth-order valence-electron chi connectivity index (χ4n) is 5.45. The minimum absolute atomic E-state index is 0.228. The van der Waals surface area contributed by atoms with Gasteiger partial charge in [0.2, 0.25) is 0 Å². The lowest BCUT2D eigenvalue weighted by molar-refractivity contribution is 0.334. The SMILES string of the molecule is CC1(C)CCC(C)(C)c2c1ccc1c2cc(Br)c2ccccc21.c1ccc2ccccc2c1. The van der Waals surface area contributed by atoms with Crippen LogP contribution in [0.5, 0.6) is 0 Å². The number of fused-ring (bicyclic) bond motifs is 6. The van der Waals surface area contributed by atoms with Crippen molar-refractivity contribution in [3.8, 4) is 0 Å². The van der Waals surface area contributed by atoms with Crippen molar-refractivity contribution in [2.45, 2.75) is 51.4 Å². The molecule has 0 saturated carbocycles. The van der Waals surface area contributed by atoms with E-state index in [1.54, 1.807) is 5.56 Å². The predicted octanol–water partition coefficient (Wildman–Crippen LogP) is 9.94. The molecule has 0 heterocycles. The van der Waals surface area contributed by atoms with Gasteiger partial charge in [0.05, 0.1) is 0 Å². The lowest BCUT2D eigenvalue weighted by Crippen LogP contribution is -2.34. The molecule has 0 aliphatic heterocycles. The average molecular weight is 496 g/mol. The van der Waals surface area contributed by atoms with Gasteiger partial charge in [0.25, 0.3) is 0 Å². The van der Waals surface area contributed by atoms with Crippen molar-refractivity contribution in [1.29, 1.82) is 0 Å². The van der Waals surface area contributed by atoms with Crippen molar-refractivity contribution in [2.24, 2.45) is 0 Å². The van der Waals surface area contributed by atoms with Crippen molar-refractivity contribution in [2.75, 3.05) is 0 Å². The Kier molecular flexibility index (Phi) is 5.57. The highest BCUT2D eigenvalue weighted by Gasteiger charge is 2.38. The van der Waals surface area contributed by atoms with Crippen molar-refractivity contribution in [3.05, 3.63) is 107 Å². The summed E-state index contributed by atoms with van der Waals surface area (Å²) >= 11 is 3.81. The van der Waals surface area contributed by atoms with Crippen molar-refractivity contribution in [1.82, 2.24) is 0 Å². The van der Waals surface area contributed by atoms with Gasteiger partial charge < -0.3 is 0 Å². The second kappa shape index (κ2) is 8.29. The first-order valence-corrected chi connectivity index (χ1v) is 12.7. The highest BCUT2D eigenvalue weighted by atomic mass is 79.9. The van der Waals surface area contributed by atoms with Crippen LogP contribution < -0.4 is 0 Å². The first-order valence-electron chi connectivity index (χ1n) is 11.9. The van der Waals surface area contributed by atoms with E-state index in [4.69, 9.17) is 0 Å². The number of benzene rings is 5. The quantitative estimate of drug-likeness (QED) is 0.188. The summed E-state index contributed by atoms with van der Waals surface area (Å²) in [5.74, 6) is 0. The molecule has 5 aromatic carbocycles. The zero-order valence-corrected chi connectivity index (χ0v) is 21.5. The molecule has 0 saturated heterocycles. The number of hydrogen-bond acceptors (Lipinski definition) is 0. The Morgan fingerprint density at radius 3 is 1.64 bits per heavy atom. The Bertz CT molecular complexity index is 1410. The van der Waals surface area contributed by atoms with E-state index in [0.29, 0.717) is 0 Å². The summed E-state index contributed by atoms with van der Waals surface area (Å²) < 4.78 is 1.20. The summed E-state index contributed by atoms with van der Waals surface area (Å²) in [5, 5.41) is 8.07. The van der Waals surface area contributed by atoms with E-state index in [9.17, 15) is 0 Å². The van der Waals surface area contributed by atoms with Crippen LogP contribution in [0.3, 0.4) is 0 Å². The van der Waals surface area contributed by atoms with Crippen LogP contribution >= 0.6 is 15.9 Å².